The second-order valence-electron chi connectivity index (χ2n) is 5.46. The third-order valence-corrected chi connectivity index (χ3v) is 4.23. The maximum absolute atomic E-state index is 12.4. The fourth-order valence-electron chi connectivity index (χ4n) is 3.02. The van der Waals surface area contributed by atoms with Gasteiger partial charge in [0.25, 0.3) is 5.91 Å². The number of amides is 1. The van der Waals surface area contributed by atoms with E-state index in [1.54, 1.807) is 7.11 Å². The Balaban J connectivity index is 1.70. The first-order chi connectivity index (χ1) is 9.78. The van der Waals surface area contributed by atoms with Gasteiger partial charge in [-0.2, -0.15) is 0 Å². The van der Waals surface area contributed by atoms with Crippen molar-refractivity contribution in [3.8, 4) is 5.75 Å². The molecule has 3 rings (SSSR count). The Kier molecular flexibility index (Phi) is 3.92. The van der Waals surface area contributed by atoms with Gasteiger partial charge in [0.1, 0.15) is 11.9 Å². The monoisotopic (exact) mass is 275 g/mol. The van der Waals surface area contributed by atoms with Gasteiger partial charge in [0.2, 0.25) is 0 Å². The minimum absolute atomic E-state index is 0.169. The van der Waals surface area contributed by atoms with Crippen LogP contribution in [0.1, 0.15) is 24.0 Å². The number of fused-ring (bicyclic) bond motifs is 1. The van der Waals surface area contributed by atoms with Crippen LogP contribution in [0.4, 0.5) is 0 Å². The number of nitrogens with zero attached hydrogens (tertiary/aromatic N) is 1. The first kappa shape index (κ1) is 13.4. The summed E-state index contributed by atoms with van der Waals surface area (Å²) < 4.78 is 10.8. The van der Waals surface area contributed by atoms with Crippen LogP contribution in [0.25, 0.3) is 0 Å². The number of ether oxygens (including phenoxy) is 2. The van der Waals surface area contributed by atoms with E-state index in [1.165, 1.54) is 11.1 Å². The molecule has 0 N–H and O–H groups in total. The summed E-state index contributed by atoms with van der Waals surface area (Å²) in [5.74, 6) is 1.06. The fraction of sp³-hybridized carbons (Fsp3) is 0.562. The molecule has 1 aromatic rings. The highest BCUT2D eigenvalue weighted by Gasteiger charge is 2.29. The Morgan fingerprint density at radius 2 is 2.10 bits per heavy atom. The predicted octanol–water partition coefficient (Wildman–Crippen LogP) is 1.80. The van der Waals surface area contributed by atoms with Crippen LogP contribution in [0.15, 0.2) is 18.2 Å². The van der Waals surface area contributed by atoms with Crippen LogP contribution in [0.3, 0.4) is 0 Å². The minimum Gasteiger partial charge on any atom is -0.497 e. The van der Waals surface area contributed by atoms with Gasteiger partial charge in [-0.05, 0) is 48.9 Å². The first-order valence-corrected chi connectivity index (χ1v) is 7.34. The van der Waals surface area contributed by atoms with Crippen molar-refractivity contribution in [2.45, 2.75) is 31.8 Å². The van der Waals surface area contributed by atoms with Crippen molar-refractivity contribution >= 4 is 5.91 Å². The van der Waals surface area contributed by atoms with Gasteiger partial charge in [-0.3, -0.25) is 4.79 Å². The Labute approximate surface area is 119 Å². The predicted molar refractivity (Wildman–Crippen MR) is 76.0 cm³/mol. The molecule has 0 bridgehead atoms. The summed E-state index contributed by atoms with van der Waals surface area (Å²) in [6.45, 7) is 2.29. The van der Waals surface area contributed by atoms with E-state index in [4.69, 9.17) is 9.47 Å². The molecule has 0 aliphatic carbocycles. The van der Waals surface area contributed by atoms with Crippen molar-refractivity contribution in [1.82, 2.24) is 4.90 Å². The molecule has 1 atom stereocenters. The first-order valence-electron chi connectivity index (χ1n) is 7.34. The van der Waals surface area contributed by atoms with Crippen LogP contribution in [0.2, 0.25) is 0 Å². The maximum atomic E-state index is 12.4. The Morgan fingerprint density at radius 3 is 2.80 bits per heavy atom. The molecule has 0 saturated carbocycles. The zero-order valence-corrected chi connectivity index (χ0v) is 11.9. The normalized spacial score (nSPS) is 22.2. The summed E-state index contributed by atoms with van der Waals surface area (Å²) in [5, 5.41) is 0. The lowest BCUT2D eigenvalue weighted by Crippen LogP contribution is -2.40. The van der Waals surface area contributed by atoms with Gasteiger partial charge in [0.15, 0.2) is 0 Å². The van der Waals surface area contributed by atoms with Gasteiger partial charge < -0.3 is 14.4 Å². The van der Waals surface area contributed by atoms with Crippen LogP contribution >= 0.6 is 0 Å². The van der Waals surface area contributed by atoms with E-state index < -0.39 is 0 Å². The van der Waals surface area contributed by atoms with Gasteiger partial charge in [-0.1, -0.05) is 6.07 Å². The third kappa shape index (κ3) is 2.66. The van der Waals surface area contributed by atoms with E-state index in [0.717, 1.165) is 51.1 Å². The van der Waals surface area contributed by atoms with Crippen molar-refractivity contribution in [1.29, 1.82) is 0 Å². The largest absolute Gasteiger partial charge is 0.497 e. The molecule has 20 heavy (non-hydrogen) atoms. The molecule has 0 spiro atoms. The lowest BCUT2D eigenvalue weighted by Gasteiger charge is -2.23. The lowest BCUT2D eigenvalue weighted by molar-refractivity contribution is -0.140. The summed E-state index contributed by atoms with van der Waals surface area (Å²) in [6.07, 6.45) is 3.48. The van der Waals surface area contributed by atoms with Crippen molar-refractivity contribution in [3.05, 3.63) is 29.3 Å². The zero-order chi connectivity index (χ0) is 13.9. The van der Waals surface area contributed by atoms with Crippen LogP contribution in [-0.2, 0) is 22.4 Å². The second-order valence-corrected chi connectivity index (χ2v) is 5.46. The lowest BCUT2D eigenvalue weighted by atomic mass is 10.0. The highest BCUT2D eigenvalue weighted by Crippen LogP contribution is 2.23. The smallest absolute Gasteiger partial charge is 0.251 e. The van der Waals surface area contributed by atoms with Crippen LogP contribution in [0, 0.1) is 0 Å². The molecule has 0 unspecified atom stereocenters. The molecular weight excluding hydrogens is 254 g/mol. The van der Waals surface area contributed by atoms with E-state index >= 15 is 0 Å². The van der Waals surface area contributed by atoms with Crippen molar-refractivity contribution in [2.75, 3.05) is 26.8 Å². The van der Waals surface area contributed by atoms with E-state index in [0.29, 0.717) is 0 Å². The SMILES string of the molecule is COc1ccc2c(c1)CCN(C(=O)[C@H]1CCCO1)CC2. The molecule has 0 radical (unpaired) electrons. The third-order valence-electron chi connectivity index (χ3n) is 4.23. The Hall–Kier alpha value is -1.55. The Bertz CT molecular complexity index is 494. The summed E-state index contributed by atoms with van der Waals surface area (Å²) in [5.41, 5.74) is 2.63. The average Bonchev–Trinajstić information content (AvgIpc) is 2.93. The molecule has 2 heterocycles. The molecule has 0 aromatic heterocycles. The molecule has 4 heteroatoms. The Morgan fingerprint density at radius 1 is 1.30 bits per heavy atom. The summed E-state index contributed by atoms with van der Waals surface area (Å²) in [7, 11) is 1.69. The highest BCUT2D eigenvalue weighted by atomic mass is 16.5. The number of methoxy groups -OCH3 is 1. The van der Waals surface area contributed by atoms with Gasteiger partial charge in [-0.15, -0.1) is 0 Å². The number of carbonyl (C=O) groups excluding carboxylic acids is 1. The van der Waals surface area contributed by atoms with Gasteiger partial charge in [0, 0.05) is 19.7 Å². The van der Waals surface area contributed by atoms with Crippen molar-refractivity contribution < 1.29 is 14.3 Å². The molecule has 1 saturated heterocycles. The minimum atomic E-state index is -0.203. The molecule has 2 aliphatic rings. The van der Waals surface area contributed by atoms with Gasteiger partial charge in [-0.25, -0.2) is 0 Å². The maximum Gasteiger partial charge on any atom is 0.251 e. The van der Waals surface area contributed by atoms with Crippen LogP contribution < -0.4 is 4.74 Å². The molecule has 108 valence electrons. The summed E-state index contributed by atoms with van der Waals surface area (Å²) in [4.78, 5) is 14.4. The summed E-state index contributed by atoms with van der Waals surface area (Å²) >= 11 is 0. The fourth-order valence-corrected chi connectivity index (χ4v) is 3.02. The quantitative estimate of drug-likeness (QED) is 0.826. The van der Waals surface area contributed by atoms with E-state index in [1.807, 2.05) is 11.0 Å². The number of benzene rings is 1. The van der Waals surface area contributed by atoms with E-state index in [2.05, 4.69) is 12.1 Å². The van der Waals surface area contributed by atoms with E-state index in [-0.39, 0.29) is 12.0 Å². The second kappa shape index (κ2) is 5.83. The number of rotatable bonds is 2. The van der Waals surface area contributed by atoms with Gasteiger partial charge in [0.05, 0.1) is 7.11 Å². The average molecular weight is 275 g/mol. The molecule has 1 amide bonds. The molecule has 1 aromatic carbocycles. The number of carbonyl (C=O) groups is 1. The van der Waals surface area contributed by atoms with Crippen molar-refractivity contribution in [3.63, 3.8) is 0 Å². The molecule has 4 nitrogen and oxygen atoms in total. The van der Waals surface area contributed by atoms with Crippen molar-refractivity contribution in [2.24, 2.45) is 0 Å². The van der Waals surface area contributed by atoms with Crippen LogP contribution in [0.5, 0.6) is 5.75 Å². The number of hydrogen-bond donors (Lipinski definition) is 0. The summed E-state index contributed by atoms with van der Waals surface area (Å²) in [6, 6.07) is 6.21. The number of hydrogen-bond acceptors (Lipinski definition) is 3. The zero-order valence-electron chi connectivity index (χ0n) is 11.9. The standard InChI is InChI=1S/C16H21NO3/c1-19-14-5-4-12-6-8-17(9-7-13(12)11-14)16(18)15-3-2-10-20-15/h4-5,11,15H,2-3,6-10H2,1H3/t15-/m1/s1. The topological polar surface area (TPSA) is 38.8 Å². The molecule has 1 fully saturated rings. The highest BCUT2D eigenvalue weighted by molar-refractivity contribution is 5.81. The van der Waals surface area contributed by atoms with E-state index in [9.17, 15) is 4.79 Å². The van der Waals surface area contributed by atoms with Crippen LogP contribution in [-0.4, -0.2) is 43.7 Å². The molecule has 2 aliphatic heterocycles. The molecular formula is C16H21NO3. The van der Waals surface area contributed by atoms with Gasteiger partial charge >= 0.3 is 0 Å².